The molecule has 0 bridgehead atoms. The van der Waals surface area contributed by atoms with Gasteiger partial charge in [-0.15, -0.1) is 0 Å². The van der Waals surface area contributed by atoms with Gasteiger partial charge in [0, 0.05) is 10.9 Å². The van der Waals surface area contributed by atoms with E-state index in [1.807, 2.05) is 84.9 Å². The maximum absolute atomic E-state index is 11.4. The van der Waals surface area contributed by atoms with Crippen LogP contribution in [0.1, 0.15) is 57.2 Å². The van der Waals surface area contributed by atoms with Gasteiger partial charge in [-0.3, -0.25) is 0 Å². The quantitative estimate of drug-likeness (QED) is 0.102. The van der Waals surface area contributed by atoms with E-state index in [1.54, 1.807) is 4.57 Å². The Morgan fingerprint density at radius 3 is 1.91 bits per heavy atom. The zero-order valence-electron chi connectivity index (χ0n) is 30.6. The molecule has 7 aromatic rings. The minimum absolute atomic E-state index is 0.0229. The molecule has 0 saturated carbocycles. The van der Waals surface area contributed by atoms with Crippen molar-refractivity contribution in [1.82, 2.24) is 4.57 Å². The molecule has 0 aliphatic heterocycles. The first kappa shape index (κ1) is 34.0. The molecule has 0 radical (unpaired) electrons. The molecule has 0 atom stereocenters. The van der Waals surface area contributed by atoms with Crippen molar-refractivity contribution in [2.45, 2.75) is 58.3 Å². The average molecular weight is 702 g/mol. The van der Waals surface area contributed by atoms with E-state index < -0.39 is 17.2 Å². The standard InChI is InChI=1S/C47H43NO5/c1-28-42(49)41(44(51)45(52)43(28)50)48-39-18-12-17-35(36(39)27-40(48)29-13-8-6-9-14-29)32-23-31(24-34(25-32)53-33-15-10-7-11-16-33)30-19-20-37-38(26-30)47(4,5)22-21-46(37,2)3/h6-20,23-27,49-52H,21-22H2,1-5H3. The second-order valence-electron chi connectivity index (χ2n) is 15.5. The summed E-state index contributed by atoms with van der Waals surface area (Å²) in [5.74, 6) is -0.803. The molecule has 0 fully saturated rings. The van der Waals surface area contributed by atoms with Crippen LogP contribution in [0, 0.1) is 6.92 Å². The molecule has 266 valence electrons. The Kier molecular flexibility index (Phi) is 8.02. The Balaban J connectivity index is 1.38. The molecular weight excluding hydrogens is 659 g/mol. The van der Waals surface area contributed by atoms with Crippen molar-refractivity contribution >= 4 is 10.9 Å². The molecule has 0 spiro atoms. The number of benzene rings is 6. The summed E-state index contributed by atoms with van der Waals surface area (Å²) in [7, 11) is 0. The number of phenolic OH excluding ortho intramolecular Hbond substituents is 4. The number of hydrogen-bond acceptors (Lipinski definition) is 5. The summed E-state index contributed by atoms with van der Waals surface area (Å²) in [6, 6.07) is 40.6. The molecule has 1 aliphatic rings. The van der Waals surface area contributed by atoms with Crippen LogP contribution >= 0.6 is 0 Å². The summed E-state index contributed by atoms with van der Waals surface area (Å²) in [6.07, 6.45) is 2.26. The van der Waals surface area contributed by atoms with Gasteiger partial charge in [0.05, 0.1) is 11.2 Å². The zero-order chi connectivity index (χ0) is 37.2. The summed E-state index contributed by atoms with van der Waals surface area (Å²) < 4.78 is 8.25. The zero-order valence-corrected chi connectivity index (χ0v) is 30.6. The van der Waals surface area contributed by atoms with Crippen molar-refractivity contribution in [3.05, 3.63) is 138 Å². The van der Waals surface area contributed by atoms with E-state index in [9.17, 15) is 20.4 Å². The van der Waals surface area contributed by atoms with Crippen molar-refractivity contribution in [3.8, 4) is 73.7 Å². The molecule has 4 N–H and O–H groups in total. The van der Waals surface area contributed by atoms with Gasteiger partial charge in [0.25, 0.3) is 0 Å². The normalized spacial score (nSPS) is 14.6. The van der Waals surface area contributed by atoms with Crippen LogP contribution in [-0.4, -0.2) is 25.0 Å². The van der Waals surface area contributed by atoms with Crippen LogP contribution in [0.3, 0.4) is 0 Å². The van der Waals surface area contributed by atoms with Crippen LogP contribution in [0.2, 0.25) is 0 Å². The van der Waals surface area contributed by atoms with Gasteiger partial charge < -0.3 is 29.7 Å². The largest absolute Gasteiger partial charge is 0.505 e. The van der Waals surface area contributed by atoms with Crippen LogP contribution in [0.25, 0.3) is 50.1 Å². The Bertz CT molecular complexity index is 2500. The highest BCUT2D eigenvalue weighted by atomic mass is 16.5. The molecule has 6 heteroatoms. The van der Waals surface area contributed by atoms with E-state index in [1.165, 1.54) is 18.1 Å². The van der Waals surface area contributed by atoms with Crippen LogP contribution < -0.4 is 4.74 Å². The smallest absolute Gasteiger partial charge is 0.203 e. The van der Waals surface area contributed by atoms with Gasteiger partial charge >= 0.3 is 0 Å². The maximum atomic E-state index is 11.4. The lowest BCUT2D eigenvalue weighted by atomic mass is 9.63. The SMILES string of the molecule is Cc1c(O)c(O)c(O)c(-n2c(-c3ccccc3)cc3c(-c4cc(Oc5ccccc5)cc(-c5ccc6c(c5)C(C)(C)CCC6(C)C)c4)cccc32)c1O. The number of hydrogen-bond donors (Lipinski definition) is 4. The van der Waals surface area contributed by atoms with E-state index in [-0.39, 0.29) is 27.8 Å². The van der Waals surface area contributed by atoms with E-state index in [0.29, 0.717) is 17.0 Å². The fourth-order valence-corrected chi connectivity index (χ4v) is 7.93. The summed E-state index contributed by atoms with van der Waals surface area (Å²) >= 11 is 0. The van der Waals surface area contributed by atoms with Crippen LogP contribution in [0.4, 0.5) is 0 Å². The molecule has 0 saturated heterocycles. The van der Waals surface area contributed by atoms with Gasteiger partial charge in [0.2, 0.25) is 5.75 Å². The fraction of sp³-hybridized carbons (Fsp3) is 0.191. The van der Waals surface area contributed by atoms with E-state index in [4.69, 9.17) is 4.74 Å². The number of rotatable bonds is 6. The number of ether oxygens (including phenoxy) is 1. The van der Waals surface area contributed by atoms with Gasteiger partial charge in [-0.05, 0) is 112 Å². The number of para-hydroxylation sites is 1. The fourth-order valence-electron chi connectivity index (χ4n) is 7.93. The summed E-state index contributed by atoms with van der Waals surface area (Å²) in [4.78, 5) is 0. The lowest BCUT2D eigenvalue weighted by molar-refractivity contribution is 0.332. The molecule has 0 amide bonds. The summed E-state index contributed by atoms with van der Waals surface area (Å²) in [5, 5.41) is 44.7. The minimum atomic E-state index is -0.695. The van der Waals surface area contributed by atoms with E-state index in [0.717, 1.165) is 51.8 Å². The van der Waals surface area contributed by atoms with Crippen molar-refractivity contribution in [3.63, 3.8) is 0 Å². The number of aromatic hydroxyl groups is 4. The molecular formula is C47H43NO5. The Hall–Kier alpha value is -6.14. The molecule has 53 heavy (non-hydrogen) atoms. The monoisotopic (exact) mass is 701 g/mol. The topological polar surface area (TPSA) is 95.1 Å². The predicted molar refractivity (Wildman–Crippen MR) is 213 cm³/mol. The van der Waals surface area contributed by atoms with Gasteiger partial charge in [0.1, 0.15) is 22.9 Å². The highest BCUT2D eigenvalue weighted by molar-refractivity contribution is 6.01. The third-order valence-corrected chi connectivity index (χ3v) is 11.1. The molecule has 1 aromatic heterocycles. The van der Waals surface area contributed by atoms with Crippen molar-refractivity contribution in [1.29, 1.82) is 0 Å². The minimum Gasteiger partial charge on any atom is -0.505 e. The number of nitrogens with zero attached hydrogens (tertiary/aromatic N) is 1. The lowest BCUT2D eigenvalue weighted by Crippen LogP contribution is -2.33. The first-order valence-electron chi connectivity index (χ1n) is 18.0. The third kappa shape index (κ3) is 5.75. The number of fused-ring (bicyclic) bond motifs is 2. The lowest BCUT2D eigenvalue weighted by Gasteiger charge is -2.42. The second kappa shape index (κ2) is 12.5. The third-order valence-electron chi connectivity index (χ3n) is 11.1. The Morgan fingerprint density at radius 1 is 0.528 bits per heavy atom. The van der Waals surface area contributed by atoms with Crippen molar-refractivity contribution < 1.29 is 25.2 Å². The van der Waals surface area contributed by atoms with Gasteiger partial charge in [-0.25, -0.2) is 0 Å². The van der Waals surface area contributed by atoms with Crippen LogP contribution in [0.15, 0.2) is 121 Å². The first-order chi connectivity index (χ1) is 25.3. The number of phenols is 4. The summed E-state index contributed by atoms with van der Waals surface area (Å²) in [6.45, 7) is 10.8. The van der Waals surface area contributed by atoms with E-state index >= 15 is 0 Å². The molecule has 0 unspecified atom stereocenters. The van der Waals surface area contributed by atoms with Crippen molar-refractivity contribution in [2.24, 2.45) is 0 Å². The van der Waals surface area contributed by atoms with Crippen molar-refractivity contribution in [2.75, 3.05) is 0 Å². The second-order valence-corrected chi connectivity index (χ2v) is 15.5. The molecule has 8 rings (SSSR count). The van der Waals surface area contributed by atoms with E-state index in [2.05, 4.69) is 64.1 Å². The van der Waals surface area contributed by atoms with Crippen LogP contribution in [-0.2, 0) is 10.8 Å². The summed E-state index contributed by atoms with van der Waals surface area (Å²) in [5.41, 5.74) is 9.11. The van der Waals surface area contributed by atoms with Gasteiger partial charge in [-0.1, -0.05) is 107 Å². The Labute approximate surface area is 309 Å². The maximum Gasteiger partial charge on any atom is 0.203 e. The molecule has 6 nitrogen and oxygen atoms in total. The highest BCUT2D eigenvalue weighted by Crippen LogP contribution is 2.51. The average Bonchev–Trinajstić information content (AvgIpc) is 3.55. The Morgan fingerprint density at radius 2 is 1.19 bits per heavy atom. The highest BCUT2D eigenvalue weighted by Gasteiger charge is 2.37. The molecule has 6 aromatic carbocycles. The van der Waals surface area contributed by atoms with Gasteiger partial charge in [-0.2, -0.15) is 0 Å². The molecule has 1 heterocycles. The van der Waals surface area contributed by atoms with Gasteiger partial charge in [0.15, 0.2) is 11.5 Å². The first-order valence-corrected chi connectivity index (χ1v) is 18.0. The molecule has 1 aliphatic carbocycles. The predicted octanol–water partition coefficient (Wildman–Crippen LogP) is 11.9. The number of aromatic nitrogens is 1. The van der Waals surface area contributed by atoms with Crippen LogP contribution in [0.5, 0.6) is 34.5 Å².